The van der Waals surface area contributed by atoms with Gasteiger partial charge in [0.2, 0.25) is 11.8 Å². The fourth-order valence-electron chi connectivity index (χ4n) is 2.63. The molecule has 0 aliphatic carbocycles. The van der Waals surface area contributed by atoms with Crippen LogP contribution in [0.3, 0.4) is 0 Å². The number of anilines is 1. The molecule has 0 unspecified atom stereocenters. The van der Waals surface area contributed by atoms with Gasteiger partial charge >= 0.3 is 0 Å². The van der Waals surface area contributed by atoms with Gasteiger partial charge < -0.3 is 9.73 Å². The number of benzene rings is 1. The number of nitrogens with zero attached hydrogens (tertiary/aromatic N) is 2. The first-order valence-electron chi connectivity index (χ1n) is 7.33. The number of carbonyl (C=O) groups excluding carboxylic acids is 2. The van der Waals surface area contributed by atoms with Crippen molar-refractivity contribution < 1.29 is 14.0 Å². The van der Waals surface area contributed by atoms with Gasteiger partial charge in [-0.2, -0.15) is 5.10 Å². The average Bonchev–Trinajstić information content (AvgIpc) is 3.16. The van der Waals surface area contributed by atoms with Crippen molar-refractivity contribution in [3.05, 3.63) is 54.0 Å². The lowest BCUT2D eigenvalue weighted by Gasteiger charge is -2.17. The van der Waals surface area contributed by atoms with Crippen LogP contribution >= 0.6 is 0 Å². The van der Waals surface area contributed by atoms with Gasteiger partial charge in [0.25, 0.3) is 0 Å². The van der Waals surface area contributed by atoms with Crippen molar-refractivity contribution in [2.45, 2.75) is 26.3 Å². The van der Waals surface area contributed by atoms with E-state index in [1.807, 2.05) is 30.3 Å². The molecule has 1 aliphatic rings. The molecule has 1 atom stereocenters. The van der Waals surface area contributed by atoms with Crippen LogP contribution in [0.25, 0.3) is 0 Å². The standard InChI is InChI=1S/C17H17N3O3/c1-11(21)18-14-7-5-13(6-8-14)15-10-16(17-4-3-9-23-17)20(19-15)12(2)22/h3-9,16H,10H2,1-2H3,(H,18,21)/t16-/m1/s1. The Morgan fingerprint density at radius 2 is 1.96 bits per heavy atom. The Kier molecular flexibility index (Phi) is 3.97. The van der Waals surface area contributed by atoms with E-state index in [1.165, 1.54) is 18.9 Å². The van der Waals surface area contributed by atoms with Crippen molar-refractivity contribution in [2.75, 3.05) is 5.32 Å². The highest BCUT2D eigenvalue weighted by Crippen LogP contribution is 2.33. The Morgan fingerprint density at radius 1 is 1.22 bits per heavy atom. The van der Waals surface area contributed by atoms with Crippen molar-refractivity contribution in [2.24, 2.45) is 5.10 Å². The molecular formula is C17H17N3O3. The van der Waals surface area contributed by atoms with E-state index in [-0.39, 0.29) is 17.9 Å². The fourth-order valence-corrected chi connectivity index (χ4v) is 2.63. The number of carbonyl (C=O) groups is 2. The molecule has 3 rings (SSSR count). The van der Waals surface area contributed by atoms with Gasteiger partial charge in [-0.25, -0.2) is 5.01 Å². The van der Waals surface area contributed by atoms with Gasteiger partial charge in [-0.3, -0.25) is 9.59 Å². The minimum atomic E-state index is -0.215. The van der Waals surface area contributed by atoms with E-state index in [0.717, 1.165) is 17.0 Å². The summed E-state index contributed by atoms with van der Waals surface area (Å²) in [6, 6.07) is 10.8. The highest BCUT2D eigenvalue weighted by atomic mass is 16.3. The van der Waals surface area contributed by atoms with Gasteiger partial charge in [-0.05, 0) is 29.8 Å². The monoisotopic (exact) mass is 311 g/mol. The summed E-state index contributed by atoms with van der Waals surface area (Å²) in [6.07, 6.45) is 2.18. The summed E-state index contributed by atoms with van der Waals surface area (Å²) in [4.78, 5) is 22.9. The minimum absolute atomic E-state index is 0.114. The predicted octanol–water partition coefficient (Wildman–Crippen LogP) is 2.94. The zero-order valence-corrected chi connectivity index (χ0v) is 12.9. The number of furan rings is 1. The molecule has 0 saturated heterocycles. The lowest BCUT2D eigenvalue weighted by atomic mass is 10.0. The lowest BCUT2D eigenvalue weighted by molar-refractivity contribution is -0.130. The molecular weight excluding hydrogens is 294 g/mol. The van der Waals surface area contributed by atoms with Crippen LogP contribution in [0.2, 0.25) is 0 Å². The van der Waals surface area contributed by atoms with Gasteiger partial charge in [0.15, 0.2) is 0 Å². The van der Waals surface area contributed by atoms with E-state index in [0.29, 0.717) is 12.2 Å². The van der Waals surface area contributed by atoms with E-state index in [1.54, 1.807) is 12.3 Å². The normalized spacial score (nSPS) is 17.0. The van der Waals surface area contributed by atoms with Crippen molar-refractivity contribution in [1.82, 2.24) is 5.01 Å². The summed E-state index contributed by atoms with van der Waals surface area (Å²) >= 11 is 0. The first kappa shape index (κ1) is 15.0. The summed E-state index contributed by atoms with van der Waals surface area (Å²) in [5.74, 6) is 0.474. The van der Waals surface area contributed by atoms with Crippen molar-refractivity contribution in [3.8, 4) is 0 Å². The van der Waals surface area contributed by atoms with E-state index < -0.39 is 0 Å². The predicted molar refractivity (Wildman–Crippen MR) is 85.9 cm³/mol. The molecule has 1 aliphatic heterocycles. The van der Waals surface area contributed by atoms with Crippen LogP contribution in [0.15, 0.2) is 52.2 Å². The summed E-state index contributed by atoms with van der Waals surface area (Å²) < 4.78 is 5.43. The molecule has 0 spiro atoms. The summed E-state index contributed by atoms with van der Waals surface area (Å²) in [6.45, 7) is 2.95. The topological polar surface area (TPSA) is 74.9 Å². The Hall–Kier alpha value is -2.89. The van der Waals surface area contributed by atoms with Crippen LogP contribution in [0.5, 0.6) is 0 Å². The summed E-state index contributed by atoms with van der Waals surface area (Å²) in [5.41, 5.74) is 2.46. The summed E-state index contributed by atoms with van der Waals surface area (Å²) in [5, 5.41) is 8.62. The average molecular weight is 311 g/mol. The van der Waals surface area contributed by atoms with Gasteiger partial charge in [0, 0.05) is 26.0 Å². The second kappa shape index (κ2) is 6.08. The van der Waals surface area contributed by atoms with Gasteiger partial charge in [-0.1, -0.05) is 12.1 Å². The Morgan fingerprint density at radius 3 is 2.52 bits per heavy atom. The lowest BCUT2D eigenvalue weighted by Crippen LogP contribution is -2.23. The second-order valence-corrected chi connectivity index (χ2v) is 5.40. The van der Waals surface area contributed by atoms with E-state index >= 15 is 0 Å². The first-order valence-corrected chi connectivity index (χ1v) is 7.33. The molecule has 0 fully saturated rings. The number of amides is 2. The Balaban J connectivity index is 1.84. The molecule has 2 amide bonds. The number of hydrazone groups is 1. The third-order valence-corrected chi connectivity index (χ3v) is 3.64. The number of nitrogens with one attached hydrogen (secondary N) is 1. The quantitative estimate of drug-likeness (QED) is 0.947. The molecule has 23 heavy (non-hydrogen) atoms. The highest BCUT2D eigenvalue weighted by molar-refractivity contribution is 6.03. The highest BCUT2D eigenvalue weighted by Gasteiger charge is 2.33. The molecule has 0 radical (unpaired) electrons. The van der Waals surface area contributed by atoms with Gasteiger partial charge in [0.05, 0.1) is 12.0 Å². The van der Waals surface area contributed by atoms with Crippen LogP contribution in [-0.2, 0) is 9.59 Å². The number of hydrogen-bond acceptors (Lipinski definition) is 4. The number of rotatable bonds is 3. The third-order valence-electron chi connectivity index (χ3n) is 3.64. The fraction of sp³-hybridized carbons (Fsp3) is 0.235. The SMILES string of the molecule is CC(=O)Nc1ccc(C2=NN(C(C)=O)[C@@H](c3ccco3)C2)cc1. The van der Waals surface area contributed by atoms with Gasteiger partial charge in [0.1, 0.15) is 11.8 Å². The molecule has 118 valence electrons. The van der Waals surface area contributed by atoms with Gasteiger partial charge in [-0.15, -0.1) is 0 Å². The molecule has 6 heteroatoms. The molecule has 2 aromatic rings. The van der Waals surface area contributed by atoms with E-state index in [2.05, 4.69) is 10.4 Å². The van der Waals surface area contributed by atoms with Crippen LogP contribution < -0.4 is 5.32 Å². The molecule has 2 heterocycles. The molecule has 1 aromatic carbocycles. The maximum Gasteiger partial charge on any atom is 0.240 e. The molecule has 6 nitrogen and oxygen atoms in total. The number of hydrogen-bond donors (Lipinski definition) is 1. The smallest absolute Gasteiger partial charge is 0.240 e. The Labute approximate surface area is 133 Å². The van der Waals surface area contributed by atoms with E-state index in [4.69, 9.17) is 4.42 Å². The van der Waals surface area contributed by atoms with Crippen molar-refractivity contribution in [3.63, 3.8) is 0 Å². The largest absolute Gasteiger partial charge is 0.467 e. The molecule has 0 bridgehead atoms. The van der Waals surface area contributed by atoms with Crippen molar-refractivity contribution >= 4 is 23.2 Å². The zero-order valence-electron chi connectivity index (χ0n) is 12.9. The van der Waals surface area contributed by atoms with E-state index in [9.17, 15) is 9.59 Å². The molecule has 1 aromatic heterocycles. The van der Waals surface area contributed by atoms with Crippen LogP contribution in [0, 0.1) is 0 Å². The Bertz CT molecular complexity index is 748. The van der Waals surface area contributed by atoms with Crippen LogP contribution in [0.4, 0.5) is 5.69 Å². The molecule has 1 N–H and O–H groups in total. The first-order chi connectivity index (χ1) is 11.0. The second-order valence-electron chi connectivity index (χ2n) is 5.40. The summed E-state index contributed by atoms with van der Waals surface area (Å²) in [7, 11) is 0. The zero-order chi connectivity index (χ0) is 16.4. The van der Waals surface area contributed by atoms with Crippen LogP contribution in [-0.4, -0.2) is 22.5 Å². The van der Waals surface area contributed by atoms with Crippen molar-refractivity contribution in [1.29, 1.82) is 0 Å². The molecule has 0 saturated carbocycles. The third kappa shape index (κ3) is 3.15. The van der Waals surface area contributed by atoms with Crippen LogP contribution in [0.1, 0.15) is 37.6 Å². The maximum atomic E-state index is 11.8. The minimum Gasteiger partial charge on any atom is -0.467 e. The maximum absolute atomic E-state index is 11.8.